The third-order valence-electron chi connectivity index (χ3n) is 6.17. The average Bonchev–Trinajstić information content (AvgIpc) is 3.58. The number of ether oxygens (including phenoxy) is 2. The molecule has 36 heavy (non-hydrogen) atoms. The van der Waals surface area contributed by atoms with Crippen LogP contribution in [0.5, 0.6) is 10.8 Å². The Morgan fingerprint density at radius 3 is 2.94 bits per heavy atom. The molecule has 0 spiro atoms. The summed E-state index contributed by atoms with van der Waals surface area (Å²) in [5.41, 5.74) is 2.70. The Balaban J connectivity index is 1.39. The third-order valence-corrected chi connectivity index (χ3v) is 7.19. The van der Waals surface area contributed by atoms with Gasteiger partial charge in [-0.3, -0.25) is 9.69 Å². The SMILES string of the molecule is CN1C/C=C/CCOc2ccc(s2)-c2ccnc(n2)Nc2ccc(OCC(=O)N3CCCC3)c(c2)C1. The normalized spacial score (nSPS) is 17.4. The molecule has 9 heteroatoms. The van der Waals surface area contributed by atoms with Crippen molar-refractivity contribution in [3.63, 3.8) is 0 Å². The predicted octanol–water partition coefficient (Wildman–Crippen LogP) is 4.72. The van der Waals surface area contributed by atoms with E-state index >= 15 is 0 Å². The molecule has 2 aromatic heterocycles. The number of hydrogen-bond acceptors (Lipinski definition) is 8. The Morgan fingerprint density at radius 1 is 1.17 bits per heavy atom. The van der Waals surface area contributed by atoms with E-state index in [2.05, 4.69) is 34.4 Å². The molecule has 1 amide bonds. The van der Waals surface area contributed by atoms with E-state index in [1.165, 1.54) is 0 Å². The van der Waals surface area contributed by atoms with Crippen molar-refractivity contribution in [2.24, 2.45) is 0 Å². The second kappa shape index (κ2) is 11.5. The van der Waals surface area contributed by atoms with Crippen LogP contribution in [0.2, 0.25) is 0 Å². The molecule has 1 aromatic carbocycles. The predicted molar refractivity (Wildman–Crippen MR) is 142 cm³/mol. The molecule has 0 radical (unpaired) electrons. The molecule has 4 heterocycles. The van der Waals surface area contributed by atoms with Crippen molar-refractivity contribution in [1.29, 1.82) is 0 Å². The number of nitrogens with zero attached hydrogens (tertiary/aromatic N) is 4. The maximum absolute atomic E-state index is 12.5. The first-order valence-electron chi connectivity index (χ1n) is 12.3. The van der Waals surface area contributed by atoms with Gasteiger partial charge in [-0.25, -0.2) is 9.97 Å². The van der Waals surface area contributed by atoms with Crippen molar-refractivity contribution < 1.29 is 14.3 Å². The largest absolute Gasteiger partial charge is 0.484 e. The van der Waals surface area contributed by atoms with Crippen LogP contribution < -0.4 is 14.8 Å². The highest BCUT2D eigenvalue weighted by Gasteiger charge is 2.19. The highest BCUT2D eigenvalue weighted by molar-refractivity contribution is 7.17. The molecular weight excluding hydrogens is 474 g/mol. The van der Waals surface area contributed by atoms with Gasteiger partial charge in [-0.2, -0.15) is 0 Å². The maximum atomic E-state index is 12.5. The minimum absolute atomic E-state index is 0.0440. The number of carbonyl (C=O) groups excluding carboxylic acids is 1. The number of carbonyl (C=O) groups is 1. The van der Waals surface area contributed by atoms with Crippen molar-refractivity contribution in [1.82, 2.24) is 19.8 Å². The number of amides is 1. The van der Waals surface area contributed by atoms with Crippen LogP contribution in [0.25, 0.3) is 10.6 Å². The number of likely N-dealkylation sites (tertiary alicyclic amines) is 1. The first kappa shape index (κ1) is 24.3. The molecule has 0 unspecified atom stereocenters. The fraction of sp³-hybridized carbons (Fsp3) is 0.370. The number of nitrogens with one attached hydrogen (secondary N) is 1. The molecule has 1 N–H and O–H groups in total. The third kappa shape index (κ3) is 6.22. The van der Waals surface area contributed by atoms with E-state index in [0.29, 0.717) is 24.8 Å². The lowest BCUT2D eigenvalue weighted by atomic mass is 10.1. The van der Waals surface area contributed by atoms with Gasteiger partial charge in [0.2, 0.25) is 5.95 Å². The van der Waals surface area contributed by atoms with Gasteiger partial charge < -0.3 is 19.7 Å². The highest BCUT2D eigenvalue weighted by Crippen LogP contribution is 2.33. The van der Waals surface area contributed by atoms with E-state index in [1.54, 1.807) is 17.5 Å². The molecule has 5 rings (SSSR count). The molecular formula is C27H31N5O3S. The molecule has 2 aliphatic rings. The van der Waals surface area contributed by atoms with Gasteiger partial charge in [0.1, 0.15) is 5.75 Å². The van der Waals surface area contributed by atoms with Gasteiger partial charge in [0.25, 0.3) is 5.91 Å². The number of benzene rings is 1. The highest BCUT2D eigenvalue weighted by atomic mass is 32.1. The molecule has 1 fully saturated rings. The summed E-state index contributed by atoms with van der Waals surface area (Å²) in [6, 6.07) is 11.8. The average molecular weight is 506 g/mol. The molecule has 0 atom stereocenters. The van der Waals surface area contributed by atoms with Crippen molar-refractivity contribution in [3.8, 4) is 21.4 Å². The molecule has 8 nitrogen and oxygen atoms in total. The topological polar surface area (TPSA) is 79.8 Å². The Hall–Kier alpha value is -3.43. The van der Waals surface area contributed by atoms with Crippen LogP contribution in [-0.4, -0.2) is 65.6 Å². The van der Waals surface area contributed by atoms with Gasteiger partial charge in [0, 0.05) is 43.6 Å². The Morgan fingerprint density at radius 2 is 2.06 bits per heavy atom. The quantitative estimate of drug-likeness (QED) is 0.516. The number of aromatic nitrogens is 2. The lowest BCUT2D eigenvalue weighted by Crippen LogP contribution is -2.32. The maximum Gasteiger partial charge on any atom is 0.260 e. The zero-order chi connectivity index (χ0) is 24.7. The standard InChI is InChI=1S/C27H31N5O3S/c1-31-13-3-2-6-16-34-26-10-9-24(36-26)22-11-12-28-27(30-22)29-21-7-8-23(20(17-21)18-31)35-19-25(33)32-14-4-5-15-32/h2-3,7-12,17H,4-6,13-16,18-19H2,1H3,(H,28,29,30)/b3-2+. The Bertz CT molecular complexity index is 1220. The summed E-state index contributed by atoms with van der Waals surface area (Å²) in [5, 5.41) is 4.21. The monoisotopic (exact) mass is 505 g/mol. The van der Waals surface area contributed by atoms with Crippen LogP contribution in [0.3, 0.4) is 0 Å². The fourth-order valence-corrected chi connectivity index (χ4v) is 5.14. The van der Waals surface area contributed by atoms with E-state index in [1.807, 2.05) is 41.3 Å². The lowest BCUT2D eigenvalue weighted by Gasteiger charge is -2.20. The van der Waals surface area contributed by atoms with E-state index in [4.69, 9.17) is 14.5 Å². The van der Waals surface area contributed by atoms with Gasteiger partial charge in [0.15, 0.2) is 11.7 Å². The van der Waals surface area contributed by atoms with E-state index in [0.717, 1.165) is 65.8 Å². The van der Waals surface area contributed by atoms with Gasteiger partial charge in [-0.1, -0.05) is 23.5 Å². The van der Waals surface area contributed by atoms with Crippen molar-refractivity contribution in [2.45, 2.75) is 25.8 Å². The molecule has 0 aliphatic carbocycles. The Labute approximate surface area is 215 Å². The van der Waals surface area contributed by atoms with Crippen LogP contribution in [0.15, 0.2) is 54.7 Å². The number of rotatable bonds is 3. The molecule has 2 aliphatic heterocycles. The van der Waals surface area contributed by atoms with Crippen LogP contribution in [-0.2, 0) is 11.3 Å². The summed E-state index contributed by atoms with van der Waals surface area (Å²) in [5.74, 6) is 1.28. The van der Waals surface area contributed by atoms with Crippen molar-refractivity contribution >= 4 is 28.9 Å². The number of fused-ring (bicyclic) bond motifs is 7. The van der Waals surface area contributed by atoms with Gasteiger partial charge in [0.05, 0.1) is 17.2 Å². The van der Waals surface area contributed by atoms with E-state index < -0.39 is 0 Å². The smallest absolute Gasteiger partial charge is 0.260 e. The molecule has 6 bridgehead atoms. The summed E-state index contributed by atoms with van der Waals surface area (Å²) in [4.78, 5) is 26.8. The zero-order valence-electron chi connectivity index (χ0n) is 20.5. The van der Waals surface area contributed by atoms with Gasteiger partial charge >= 0.3 is 0 Å². The van der Waals surface area contributed by atoms with Crippen LogP contribution >= 0.6 is 11.3 Å². The second-order valence-corrected chi connectivity index (χ2v) is 10.1. The van der Waals surface area contributed by atoms with Crippen LogP contribution in [0, 0.1) is 0 Å². The van der Waals surface area contributed by atoms with Gasteiger partial charge in [-0.15, -0.1) is 0 Å². The molecule has 0 saturated carbocycles. The summed E-state index contributed by atoms with van der Waals surface area (Å²) in [6.45, 7) is 3.78. The number of thiophene rings is 1. The first-order valence-corrected chi connectivity index (χ1v) is 13.2. The molecule has 3 aromatic rings. The van der Waals surface area contributed by atoms with Crippen LogP contribution in [0.1, 0.15) is 24.8 Å². The lowest BCUT2D eigenvalue weighted by molar-refractivity contribution is -0.132. The van der Waals surface area contributed by atoms with Gasteiger partial charge in [-0.05, 0) is 62.7 Å². The number of likely N-dealkylation sites (N-methyl/N-ethyl adjacent to an activating group) is 1. The molecule has 1 saturated heterocycles. The zero-order valence-corrected chi connectivity index (χ0v) is 21.3. The summed E-state index contributed by atoms with van der Waals surface area (Å²) in [7, 11) is 2.07. The van der Waals surface area contributed by atoms with Crippen molar-refractivity contribution in [3.05, 3.63) is 60.3 Å². The fourth-order valence-electron chi connectivity index (χ4n) is 4.29. The summed E-state index contributed by atoms with van der Waals surface area (Å²) >= 11 is 1.58. The van der Waals surface area contributed by atoms with E-state index in [9.17, 15) is 4.79 Å². The number of anilines is 2. The number of hydrogen-bond donors (Lipinski definition) is 1. The first-order chi connectivity index (χ1) is 17.6. The van der Waals surface area contributed by atoms with Crippen LogP contribution in [0.4, 0.5) is 11.6 Å². The van der Waals surface area contributed by atoms with Crippen molar-refractivity contribution in [2.75, 3.05) is 45.2 Å². The Kier molecular flexibility index (Phi) is 7.78. The second-order valence-electron chi connectivity index (χ2n) is 9.01. The molecule has 188 valence electrons. The van der Waals surface area contributed by atoms with E-state index in [-0.39, 0.29) is 12.5 Å². The summed E-state index contributed by atoms with van der Waals surface area (Å²) in [6.07, 6.45) is 9.03. The summed E-state index contributed by atoms with van der Waals surface area (Å²) < 4.78 is 11.9. The minimum atomic E-state index is 0.0440. The minimum Gasteiger partial charge on any atom is -0.484 e.